The number of anilines is 3. The molecule has 304 valence electrons. The lowest BCUT2D eigenvalue weighted by Crippen LogP contribution is -2.52. The summed E-state index contributed by atoms with van der Waals surface area (Å²) in [4.78, 5) is 55.7. The van der Waals surface area contributed by atoms with Gasteiger partial charge >= 0.3 is 12.2 Å². The minimum atomic E-state index is -1.36. The van der Waals surface area contributed by atoms with Crippen molar-refractivity contribution in [1.82, 2.24) is 15.5 Å². The molecule has 1 aliphatic carbocycles. The lowest BCUT2D eigenvalue weighted by molar-refractivity contribution is -0.116. The highest BCUT2D eigenvalue weighted by Gasteiger charge is 2.36. The highest BCUT2D eigenvalue weighted by molar-refractivity contribution is 6.06. The van der Waals surface area contributed by atoms with Crippen molar-refractivity contribution in [2.75, 3.05) is 54.6 Å². The maximum atomic E-state index is 14.5. The van der Waals surface area contributed by atoms with Crippen LogP contribution in [0.5, 0.6) is 0 Å². The first-order chi connectivity index (χ1) is 28.8. The van der Waals surface area contributed by atoms with E-state index < -0.39 is 18.3 Å². The van der Waals surface area contributed by atoms with Crippen molar-refractivity contribution in [2.45, 2.75) is 38.2 Å². The molecule has 0 aromatic heterocycles. The molecule has 7 rings (SSSR count). The van der Waals surface area contributed by atoms with E-state index in [4.69, 9.17) is 4.74 Å². The molecule has 2 aliphatic rings. The van der Waals surface area contributed by atoms with E-state index in [9.17, 15) is 24.3 Å². The zero-order valence-electron chi connectivity index (χ0n) is 33.0. The van der Waals surface area contributed by atoms with E-state index in [0.29, 0.717) is 79.3 Å². The number of carbonyl (C=O) groups is 4. The molecule has 1 saturated heterocycles. The van der Waals surface area contributed by atoms with Crippen molar-refractivity contribution in [3.05, 3.63) is 139 Å². The molecule has 2 fully saturated rings. The number of amides is 4. The normalized spacial score (nSPS) is 14.2. The molecule has 12 nitrogen and oxygen atoms in total. The Labute approximate surface area is 344 Å². The Morgan fingerprint density at radius 3 is 1.88 bits per heavy atom. The van der Waals surface area contributed by atoms with E-state index in [0.717, 1.165) is 33.6 Å². The lowest BCUT2D eigenvalue weighted by Gasteiger charge is -2.36. The standard InChI is InChI=1S/C47H50N6O6/c54-44(50-38-17-11-16-37(32-38)45(55)49-28-27-48-33-34-22-23-34)26-31-51-29-24-39(25-30-51)59-47(58)53(43-21-10-8-19-41(43)36-14-5-2-6-15-36)52(46(56)57)42-20-9-7-18-40(42)35-12-3-1-4-13-35/h1-21,32,34,39,48H,22-31,33H2,(H,49,55)(H,50,54)(H,56,57). The van der Waals surface area contributed by atoms with E-state index in [1.807, 2.05) is 84.9 Å². The van der Waals surface area contributed by atoms with Gasteiger partial charge in [0.2, 0.25) is 5.91 Å². The van der Waals surface area contributed by atoms with E-state index >= 15 is 0 Å². The number of carbonyl (C=O) groups excluding carboxylic acids is 3. The predicted molar refractivity (Wildman–Crippen MR) is 230 cm³/mol. The molecule has 0 unspecified atom stereocenters. The maximum Gasteiger partial charge on any atom is 0.434 e. The van der Waals surface area contributed by atoms with E-state index in [-0.39, 0.29) is 18.2 Å². The molecule has 4 amide bonds. The molecule has 1 heterocycles. The van der Waals surface area contributed by atoms with Crippen LogP contribution in [0.3, 0.4) is 0 Å². The number of hydrazine groups is 1. The van der Waals surface area contributed by atoms with Gasteiger partial charge in [-0.2, -0.15) is 10.0 Å². The average molecular weight is 795 g/mol. The Kier molecular flexibility index (Phi) is 13.6. The highest BCUT2D eigenvalue weighted by Crippen LogP contribution is 2.38. The molecular weight excluding hydrogens is 745 g/mol. The molecule has 0 spiro atoms. The summed E-state index contributed by atoms with van der Waals surface area (Å²) in [7, 11) is 0. The summed E-state index contributed by atoms with van der Waals surface area (Å²) in [6, 6.07) is 40.1. The summed E-state index contributed by atoms with van der Waals surface area (Å²) in [5, 5.41) is 22.2. The van der Waals surface area contributed by atoms with Gasteiger partial charge in [-0.05, 0) is 79.6 Å². The van der Waals surface area contributed by atoms with Crippen LogP contribution in [0, 0.1) is 5.92 Å². The number of piperidine rings is 1. The molecule has 1 aliphatic heterocycles. The molecule has 4 N–H and O–H groups in total. The van der Waals surface area contributed by atoms with E-state index in [2.05, 4.69) is 20.9 Å². The Balaban J connectivity index is 0.992. The monoisotopic (exact) mass is 794 g/mol. The highest BCUT2D eigenvalue weighted by atomic mass is 16.6. The van der Waals surface area contributed by atoms with Crippen LogP contribution in [0.15, 0.2) is 133 Å². The first-order valence-corrected chi connectivity index (χ1v) is 20.3. The number of carboxylic acid groups (broad SMARTS) is 1. The topological polar surface area (TPSA) is 144 Å². The smallest absolute Gasteiger partial charge is 0.434 e. The molecule has 5 aromatic carbocycles. The number of likely N-dealkylation sites (tertiary alicyclic amines) is 1. The SMILES string of the molecule is O=C(CCN1CCC(OC(=O)N(c2ccccc2-c2ccccc2)N(C(=O)O)c2ccccc2-c2ccccc2)CC1)Nc1cccc(C(=O)NCCNCC2CC2)c1. The number of rotatable bonds is 15. The fraction of sp³-hybridized carbons (Fsp3) is 0.277. The number of hydrogen-bond acceptors (Lipinski definition) is 7. The Hall–Kier alpha value is -6.50. The summed E-state index contributed by atoms with van der Waals surface area (Å²) in [6.07, 6.45) is 1.14. The van der Waals surface area contributed by atoms with Crippen molar-refractivity contribution in [2.24, 2.45) is 5.92 Å². The van der Waals surface area contributed by atoms with E-state index in [1.165, 1.54) is 12.8 Å². The summed E-state index contributed by atoms with van der Waals surface area (Å²) in [6.45, 7) is 3.90. The van der Waals surface area contributed by atoms with Gasteiger partial charge in [0.25, 0.3) is 5.91 Å². The third kappa shape index (κ3) is 10.9. The Morgan fingerprint density at radius 2 is 1.27 bits per heavy atom. The van der Waals surface area contributed by atoms with Crippen LogP contribution in [0.1, 0.15) is 42.5 Å². The maximum absolute atomic E-state index is 14.5. The number of hydrogen-bond donors (Lipinski definition) is 4. The van der Waals surface area contributed by atoms with Gasteiger partial charge in [-0.3, -0.25) is 9.59 Å². The fourth-order valence-electron chi connectivity index (χ4n) is 7.28. The van der Waals surface area contributed by atoms with Gasteiger partial charge in [0.1, 0.15) is 6.10 Å². The van der Waals surface area contributed by atoms with Gasteiger partial charge in [-0.15, -0.1) is 0 Å². The van der Waals surface area contributed by atoms with Gasteiger partial charge in [0.15, 0.2) is 0 Å². The van der Waals surface area contributed by atoms with Crippen LogP contribution in [-0.2, 0) is 9.53 Å². The van der Waals surface area contributed by atoms with Gasteiger partial charge in [0, 0.05) is 61.5 Å². The van der Waals surface area contributed by atoms with Crippen molar-refractivity contribution >= 4 is 41.1 Å². The van der Waals surface area contributed by atoms with Crippen LogP contribution in [0.25, 0.3) is 22.3 Å². The second-order valence-corrected chi connectivity index (χ2v) is 14.9. The van der Waals surface area contributed by atoms with Crippen molar-refractivity contribution < 1.29 is 29.0 Å². The van der Waals surface area contributed by atoms with Crippen molar-refractivity contribution in [3.63, 3.8) is 0 Å². The zero-order chi connectivity index (χ0) is 41.0. The van der Waals surface area contributed by atoms with Crippen LogP contribution in [0.2, 0.25) is 0 Å². The fourth-order valence-corrected chi connectivity index (χ4v) is 7.28. The largest absolute Gasteiger partial charge is 0.463 e. The third-order valence-corrected chi connectivity index (χ3v) is 10.6. The predicted octanol–water partition coefficient (Wildman–Crippen LogP) is 8.29. The molecule has 1 saturated carbocycles. The van der Waals surface area contributed by atoms with Crippen molar-refractivity contribution in [1.29, 1.82) is 0 Å². The van der Waals surface area contributed by atoms with Crippen LogP contribution >= 0.6 is 0 Å². The molecule has 12 heteroatoms. The number of nitrogens with zero attached hydrogens (tertiary/aromatic N) is 3. The number of ether oxygens (including phenoxy) is 1. The van der Waals surface area contributed by atoms with E-state index in [1.54, 1.807) is 48.5 Å². The molecule has 59 heavy (non-hydrogen) atoms. The quantitative estimate of drug-likeness (QED) is 0.0613. The molecule has 5 aromatic rings. The van der Waals surface area contributed by atoms with Gasteiger partial charge in [-0.1, -0.05) is 103 Å². The average Bonchev–Trinajstić information content (AvgIpc) is 4.10. The summed E-state index contributed by atoms with van der Waals surface area (Å²) >= 11 is 0. The minimum Gasteiger partial charge on any atom is -0.463 e. The van der Waals surface area contributed by atoms with Crippen molar-refractivity contribution in [3.8, 4) is 22.3 Å². The minimum absolute atomic E-state index is 0.169. The van der Waals surface area contributed by atoms with Gasteiger partial charge in [0.05, 0.1) is 11.4 Å². The van der Waals surface area contributed by atoms with Gasteiger partial charge in [-0.25, -0.2) is 9.59 Å². The second-order valence-electron chi connectivity index (χ2n) is 14.9. The van der Waals surface area contributed by atoms with Crippen LogP contribution < -0.4 is 26.0 Å². The Bertz CT molecular complexity index is 2210. The number of para-hydroxylation sites is 2. The molecular formula is C47H50N6O6. The summed E-state index contributed by atoms with van der Waals surface area (Å²) in [5.74, 6) is 0.426. The zero-order valence-corrected chi connectivity index (χ0v) is 33.0. The number of nitrogens with one attached hydrogen (secondary N) is 3. The number of benzene rings is 5. The Morgan fingerprint density at radius 1 is 0.678 bits per heavy atom. The molecule has 0 bridgehead atoms. The summed E-state index contributed by atoms with van der Waals surface area (Å²) < 4.78 is 6.17. The van der Waals surface area contributed by atoms with Crippen LogP contribution in [-0.4, -0.2) is 79.4 Å². The molecule has 0 radical (unpaired) electrons. The summed E-state index contributed by atoms with van der Waals surface area (Å²) in [5.41, 5.74) is 4.56. The lowest BCUT2D eigenvalue weighted by atomic mass is 10.0. The second kappa shape index (κ2) is 19.8. The first kappa shape index (κ1) is 40.7. The molecule has 0 atom stereocenters. The van der Waals surface area contributed by atoms with Crippen LogP contribution in [0.4, 0.5) is 26.7 Å². The third-order valence-electron chi connectivity index (χ3n) is 10.6. The van der Waals surface area contributed by atoms with Gasteiger partial charge < -0.3 is 30.7 Å². The first-order valence-electron chi connectivity index (χ1n) is 20.3.